The summed E-state index contributed by atoms with van der Waals surface area (Å²) in [6.45, 7) is 5.45. The first-order chi connectivity index (χ1) is 13.6. The highest BCUT2D eigenvalue weighted by atomic mass is 32.2. The Kier molecular flexibility index (Phi) is 7.33. The number of carbonyl (C=O) groups excluding carboxylic acids is 3. The van der Waals surface area contributed by atoms with Crippen molar-refractivity contribution < 1.29 is 19.1 Å². The maximum Gasteiger partial charge on any atom is 0.311 e. The number of benzene rings is 1. The van der Waals surface area contributed by atoms with Gasteiger partial charge in [-0.05, 0) is 24.3 Å². The van der Waals surface area contributed by atoms with Gasteiger partial charge >= 0.3 is 5.97 Å². The number of carbonyl (C=O) groups is 3. The van der Waals surface area contributed by atoms with Crippen molar-refractivity contribution in [1.29, 1.82) is 0 Å². The molecular weight excluding hydrogens is 394 g/mol. The van der Waals surface area contributed by atoms with Crippen LogP contribution in [0, 0.1) is 5.41 Å². The molecule has 0 radical (unpaired) electrons. The Hall–Kier alpha value is -2.94. The summed E-state index contributed by atoms with van der Waals surface area (Å²) < 4.78 is 4.56. The zero-order valence-electron chi connectivity index (χ0n) is 16.7. The van der Waals surface area contributed by atoms with E-state index in [9.17, 15) is 19.2 Å². The van der Waals surface area contributed by atoms with Crippen LogP contribution in [0.4, 0.5) is 5.69 Å². The molecule has 2 rings (SSSR count). The fraction of sp³-hybridized carbons (Fsp3) is 0.350. The van der Waals surface area contributed by atoms with Gasteiger partial charge < -0.3 is 15.0 Å². The first-order valence-electron chi connectivity index (χ1n) is 8.83. The average molecular weight is 417 g/mol. The molecule has 0 aliphatic rings. The van der Waals surface area contributed by atoms with Gasteiger partial charge in [-0.25, -0.2) is 4.98 Å². The molecule has 0 aliphatic heterocycles. The average Bonchev–Trinajstić information content (AvgIpc) is 2.65. The summed E-state index contributed by atoms with van der Waals surface area (Å²) in [6, 6.07) is 7.81. The van der Waals surface area contributed by atoms with Gasteiger partial charge in [-0.1, -0.05) is 32.5 Å². The number of anilines is 1. The zero-order valence-corrected chi connectivity index (χ0v) is 17.5. The lowest BCUT2D eigenvalue weighted by atomic mass is 9.95. The highest BCUT2D eigenvalue weighted by Crippen LogP contribution is 2.19. The van der Waals surface area contributed by atoms with Gasteiger partial charge in [0, 0.05) is 22.7 Å². The molecule has 0 bridgehead atoms. The van der Waals surface area contributed by atoms with Crippen molar-refractivity contribution in [3.63, 3.8) is 0 Å². The largest absolute Gasteiger partial charge is 0.469 e. The van der Waals surface area contributed by atoms with Gasteiger partial charge in [0.1, 0.15) is 0 Å². The lowest BCUT2D eigenvalue weighted by molar-refractivity contribution is -0.139. The molecule has 154 valence electrons. The normalized spacial score (nSPS) is 11.0. The van der Waals surface area contributed by atoms with Gasteiger partial charge in [-0.2, -0.15) is 0 Å². The van der Waals surface area contributed by atoms with Crippen LogP contribution in [0.15, 0.2) is 40.3 Å². The Morgan fingerprint density at radius 2 is 1.83 bits per heavy atom. The minimum absolute atomic E-state index is 0.0539. The lowest BCUT2D eigenvalue weighted by Crippen LogP contribution is -2.27. The number of rotatable bonds is 7. The van der Waals surface area contributed by atoms with Crippen LogP contribution < -0.4 is 10.9 Å². The van der Waals surface area contributed by atoms with Crippen LogP contribution >= 0.6 is 11.8 Å². The Balaban J connectivity index is 2.00. The number of hydrogen-bond acceptors (Lipinski definition) is 7. The molecule has 2 N–H and O–H groups in total. The molecule has 0 atom stereocenters. The Morgan fingerprint density at radius 1 is 1.17 bits per heavy atom. The second-order valence-corrected chi connectivity index (χ2v) is 8.25. The number of esters is 1. The first-order valence-corrected chi connectivity index (χ1v) is 9.81. The van der Waals surface area contributed by atoms with Gasteiger partial charge in [-0.3, -0.25) is 19.2 Å². The van der Waals surface area contributed by atoms with E-state index >= 15 is 0 Å². The molecule has 0 saturated heterocycles. The van der Waals surface area contributed by atoms with E-state index in [1.165, 1.54) is 13.2 Å². The third kappa shape index (κ3) is 6.86. The zero-order chi connectivity index (χ0) is 21.6. The van der Waals surface area contributed by atoms with Gasteiger partial charge in [0.15, 0.2) is 10.9 Å². The van der Waals surface area contributed by atoms with Gasteiger partial charge in [0.05, 0.1) is 25.0 Å². The standard InChI is InChI=1S/C20H23N3O5S/c1-20(2,3)18(27)21-13-7-5-12(6-8-13)15(24)11-29-19-22-14(9-16(25)23-19)10-17(26)28-4/h5-9H,10-11H2,1-4H3,(H,21,27)(H,22,23,25). The molecule has 1 amide bonds. The van der Waals surface area contributed by atoms with Crippen molar-refractivity contribution in [1.82, 2.24) is 9.97 Å². The van der Waals surface area contributed by atoms with E-state index < -0.39 is 16.9 Å². The number of thioether (sulfide) groups is 1. The van der Waals surface area contributed by atoms with Crippen molar-refractivity contribution in [3.8, 4) is 0 Å². The number of H-pyrrole nitrogens is 1. The maximum atomic E-state index is 12.4. The van der Waals surface area contributed by atoms with E-state index in [0.717, 1.165) is 11.8 Å². The third-order valence-corrected chi connectivity index (χ3v) is 4.69. The number of nitrogens with zero attached hydrogens (tertiary/aromatic N) is 1. The molecule has 2 aromatic rings. The maximum absolute atomic E-state index is 12.4. The molecule has 0 fully saturated rings. The predicted octanol–water partition coefficient (Wildman–Crippen LogP) is 2.45. The summed E-state index contributed by atoms with van der Waals surface area (Å²) in [4.78, 5) is 54.2. The van der Waals surface area contributed by atoms with E-state index in [1.807, 2.05) is 20.8 Å². The second kappa shape index (κ2) is 9.51. The summed E-state index contributed by atoms with van der Waals surface area (Å²) in [5.74, 6) is -0.731. The van der Waals surface area contributed by atoms with Gasteiger partial charge in [-0.15, -0.1) is 0 Å². The topological polar surface area (TPSA) is 118 Å². The van der Waals surface area contributed by atoms with E-state index in [0.29, 0.717) is 11.3 Å². The smallest absolute Gasteiger partial charge is 0.311 e. The summed E-state index contributed by atoms with van der Waals surface area (Å²) in [5, 5.41) is 3.04. The molecule has 29 heavy (non-hydrogen) atoms. The Labute approximate surface area is 172 Å². The minimum atomic E-state index is -0.516. The fourth-order valence-corrected chi connectivity index (χ4v) is 2.93. The predicted molar refractivity (Wildman–Crippen MR) is 110 cm³/mol. The van der Waals surface area contributed by atoms with Crippen LogP contribution in [0.3, 0.4) is 0 Å². The highest BCUT2D eigenvalue weighted by Gasteiger charge is 2.21. The van der Waals surface area contributed by atoms with Crippen LogP contribution in [0.5, 0.6) is 0 Å². The number of amides is 1. The number of Topliss-reactive ketones (excluding diaryl/α,β-unsaturated/α-hetero) is 1. The summed E-state index contributed by atoms with van der Waals surface area (Å²) in [5.41, 5.74) is 0.425. The van der Waals surface area contributed by atoms with Crippen LogP contribution in [-0.4, -0.2) is 40.5 Å². The van der Waals surface area contributed by atoms with E-state index in [4.69, 9.17) is 0 Å². The van der Waals surface area contributed by atoms with Crippen molar-refractivity contribution in [3.05, 3.63) is 51.9 Å². The van der Waals surface area contributed by atoms with Gasteiger partial charge in [0.2, 0.25) is 5.91 Å². The molecule has 8 nitrogen and oxygen atoms in total. The number of nitrogens with one attached hydrogen (secondary N) is 2. The van der Waals surface area contributed by atoms with E-state index in [1.54, 1.807) is 24.3 Å². The van der Waals surface area contributed by atoms with Gasteiger partial charge in [0.25, 0.3) is 5.56 Å². The molecule has 0 spiro atoms. The van der Waals surface area contributed by atoms with Crippen molar-refractivity contribution in [2.45, 2.75) is 32.3 Å². The van der Waals surface area contributed by atoms with Crippen LogP contribution in [0.25, 0.3) is 0 Å². The monoisotopic (exact) mass is 417 g/mol. The van der Waals surface area contributed by atoms with Crippen LogP contribution in [-0.2, 0) is 20.7 Å². The summed E-state index contributed by atoms with van der Waals surface area (Å²) in [7, 11) is 1.25. The molecule has 9 heteroatoms. The Bertz CT molecular complexity index is 961. The SMILES string of the molecule is COC(=O)Cc1cc(=O)[nH]c(SCC(=O)c2ccc(NC(=O)C(C)(C)C)cc2)n1. The molecular formula is C20H23N3O5S. The molecule has 1 aromatic heterocycles. The number of methoxy groups -OCH3 is 1. The van der Waals surface area contributed by atoms with Crippen molar-refractivity contribution >= 4 is 35.1 Å². The summed E-state index contributed by atoms with van der Waals surface area (Å²) in [6.07, 6.45) is -0.121. The highest BCUT2D eigenvalue weighted by molar-refractivity contribution is 7.99. The van der Waals surface area contributed by atoms with E-state index in [-0.39, 0.29) is 34.7 Å². The molecule has 0 saturated carbocycles. The number of ketones is 1. The molecule has 1 heterocycles. The molecule has 0 aliphatic carbocycles. The van der Waals surface area contributed by atoms with Crippen molar-refractivity contribution in [2.24, 2.45) is 5.41 Å². The lowest BCUT2D eigenvalue weighted by Gasteiger charge is -2.17. The number of ether oxygens (including phenoxy) is 1. The van der Waals surface area contributed by atoms with Crippen LogP contribution in [0.2, 0.25) is 0 Å². The molecule has 0 unspecified atom stereocenters. The number of aromatic amines is 1. The second-order valence-electron chi connectivity index (χ2n) is 7.29. The van der Waals surface area contributed by atoms with E-state index in [2.05, 4.69) is 20.0 Å². The fourth-order valence-electron chi connectivity index (χ4n) is 2.14. The summed E-state index contributed by atoms with van der Waals surface area (Å²) >= 11 is 1.07. The van der Waals surface area contributed by atoms with Crippen molar-refractivity contribution in [2.75, 3.05) is 18.2 Å². The quantitative estimate of drug-likeness (QED) is 0.307. The Morgan fingerprint density at radius 3 is 2.41 bits per heavy atom. The number of aromatic nitrogens is 2. The third-order valence-electron chi connectivity index (χ3n) is 3.81. The molecule has 1 aromatic carbocycles. The first kappa shape index (κ1) is 22.4. The number of hydrogen-bond donors (Lipinski definition) is 2. The minimum Gasteiger partial charge on any atom is -0.469 e. The van der Waals surface area contributed by atoms with Crippen LogP contribution in [0.1, 0.15) is 36.8 Å².